The summed E-state index contributed by atoms with van der Waals surface area (Å²) in [6, 6.07) is 3.65. The van der Waals surface area contributed by atoms with E-state index in [0.29, 0.717) is 5.15 Å². The highest BCUT2D eigenvalue weighted by molar-refractivity contribution is 6.29. The van der Waals surface area contributed by atoms with Crippen LogP contribution in [-0.2, 0) is 0 Å². The second-order valence-electron chi connectivity index (χ2n) is 5.92. The van der Waals surface area contributed by atoms with Crippen molar-refractivity contribution >= 4 is 17.4 Å². The summed E-state index contributed by atoms with van der Waals surface area (Å²) >= 11 is 5.75. The number of anilines is 1. The van der Waals surface area contributed by atoms with E-state index in [4.69, 9.17) is 11.6 Å². The van der Waals surface area contributed by atoms with Crippen molar-refractivity contribution in [2.24, 2.45) is 5.92 Å². The van der Waals surface area contributed by atoms with Gasteiger partial charge in [0.1, 0.15) is 5.82 Å². The third kappa shape index (κ3) is 3.57. The fraction of sp³-hybridized carbons (Fsp3) is 0.714. The van der Waals surface area contributed by atoms with Crippen LogP contribution in [0.15, 0.2) is 12.1 Å². The van der Waals surface area contributed by atoms with Gasteiger partial charge >= 0.3 is 0 Å². The summed E-state index contributed by atoms with van der Waals surface area (Å²) < 4.78 is 0. The summed E-state index contributed by atoms with van der Waals surface area (Å²) in [6.45, 7) is 3.25. The minimum atomic E-state index is 0.221. The maximum Gasteiger partial charge on any atom is 0.151 e. The molecule has 0 bridgehead atoms. The van der Waals surface area contributed by atoms with E-state index in [-0.39, 0.29) is 5.54 Å². The van der Waals surface area contributed by atoms with Crippen LogP contribution in [0.3, 0.4) is 0 Å². The van der Waals surface area contributed by atoms with Crippen LogP contribution in [0.2, 0.25) is 5.15 Å². The Kier molecular flexibility index (Phi) is 4.63. The highest BCUT2D eigenvalue weighted by Crippen LogP contribution is 2.35. The monoisotopic (exact) mass is 282 g/mol. The summed E-state index contributed by atoms with van der Waals surface area (Å²) in [7, 11) is 4.35. The Morgan fingerprint density at radius 1 is 1.42 bits per heavy atom. The van der Waals surface area contributed by atoms with E-state index in [1.807, 2.05) is 6.07 Å². The lowest BCUT2D eigenvalue weighted by Gasteiger charge is -2.45. The number of rotatable bonds is 4. The van der Waals surface area contributed by atoms with Crippen molar-refractivity contribution in [2.75, 3.05) is 26.0 Å². The number of hydrogen-bond acceptors (Lipinski definition) is 4. The summed E-state index contributed by atoms with van der Waals surface area (Å²) in [5.74, 6) is 1.58. The standard InChI is InChI=1S/C14H23ClN4/c1-11-5-4-8-14(9-11,19(2)3)10-16-13-7-6-12(15)17-18-13/h6-7,11H,4-5,8-10H2,1-3H3,(H,16,18). The molecule has 2 unspecified atom stereocenters. The van der Waals surface area contributed by atoms with E-state index in [0.717, 1.165) is 18.3 Å². The highest BCUT2D eigenvalue weighted by Gasteiger charge is 2.36. The van der Waals surface area contributed by atoms with Crippen molar-refractivity contribution in [3.63, 3.8) is 0 Å². The Bertz CT molecular complexity index is 406. The molecule has 0 spiro atoms. The van der Waals surface area contributed by atoms with Gasteiger partial charge in [-0.15, -0.1) is 10.2 Å². The second-order valence-corrected chi connectivity index (χ2v) is 6.30. The van der Waals surface area contributed by atoms with Gasteiger partial charge in [-0.3, -0.25) is 0 Å². The topological polar surface area (TPSA) is 41.1 Å². The number of likely N-dealkylation sites (N-methyl/N-ethyl adjacent to an activating group) is 1. The predicted octanol–water partition coefficient (Wildman–Crippen LogP) is 3.05. The van der Waals surface area contributed by atoms with Crippen LogP contribution in [0, 0.1) is 5.92 Å². The van der Waals surface area contributed by atoms with E-state index < -0.39 is 0 Å². The van der Waals surface area contributed by atoms with Gasteiger partial charge in [0.25, 0.3) is 0 Å². The molecule has 106 valence electrons. The number of nitrogens with one attached hydrogen (secondary N) is 1. The largest absolute Gasteiger partial charge is 0.367 e. The van der Waals surface area contributed by atoms with Crippen molar-refractivity contribution in [1.29, 1.82) is 0 Å². The summed E-state index contributed by atoms with van der Waals surface area (Å²) in [5.41, 5.74) is 0.221. The lowest BCUT2D eigenvalue weighted by molar-refractivity contribution is 0.0881. The quantitative estimate of drug-likeness (QED) is 0.922. The molecular weight excluding hydrogens is 260 g/mol. The number of nitrogens with zero attached hydrogens (tertiary/aromatic N) is 3. The first-order valence-corrected chi connectivity index (χ1v) is 7.30. The van der Waals surface area contributed by atoms with E-state index in [1.54, 1.807) is 6.07 Å². The van der Waals surface area contributed by atoms with E-state index in [1.165, 1.54) is 25.7 Å². The van der Waals surface area contributed by atoms with Gasteiger partial charge in [-0.2, -0.15) is 0 Å². The summed E-state index contributed by atoms with van der Waals surface area (Å²) in [5, 5.41) is 11.8. The zero-order chi connectivity index (χ0) is 13.9. The van der Waals surface area contributed by atoms with Crippen LogP contribution >= 0.6 is 11.6 Å². The summed E-state index contributed by atoms with van der Waals surface area (Å²) in [4.78, 5) is 2.36. The Morgan fingerprint density at radius 2 is 2.21 bits per heavy atom. The third-order valence-electron chi connectivity index (χ3n) is 4.25. The average molecular weight is 283 g/mol. The Balaban J connectivity index is 2.03. The lowest BCUT2D eigenvalue weighted by atomic mass is 9.75. The van der Waals surface area contributed by atoms with Gasteiger partial charge in [-0.25, -0.2) is 0 Å². The number of aromatic nitrogens is 2. The molecule has 19 heavy (non-hydrogen) atoms. The number of halogens is 1. The first-order chi connectivity index (χ1) is 9.02. The average Bonchev–Trinajstić information content (AvgIpc) is 2.38. The minimum absolute atomic E-state index is 0.221. The van der Waals surface area contributed by atoms with Crippen LogP contribution < -0.4 is 5.32 Å². The molecule has 0 saturated heterocycles. The van der Waals surface area contributed by atoms with E-state index >= 15 is 0 Å². The van der Waals surface area contributed by atoms with E-state index in [2.05, 4.69) is 41.4 Å². The zero-order valence-corrected chi connectivity index (χ0v) is 12.7. The van der Waals surface area contributed by atoms with Crippen LogP contribution in [0.1, 0.15) is 32.6 Å². The first kappa shape index (κ1) is 14.5. The van der Waals surface area contributed by atoms with Crippen molar-refractivity contribution < 1.29 is 0 Å². The molecule has 2 rings (SSSR count). The van der Waals surface area contributed by atoms with Crippen molar-refractivity contribution in [3.8, 4) is 0 Å². The molecule has 0 amide bonds. The normalized spacial score (nSPS) is 27.5. The minimum Gasteiger partial charge on any atom is -0.367 e. The molecule has 1 fully saturated rings. The highest BCUT2D eigenvalue weighted by atomic mass is 35.5. The molecule has 1 aromatic heterocycles. The van der Waals surface area contributed by atoms with Gasteiger partial charge in [0, 0.05) is 12.1 Å². The predicted molar refractivity (Wildman–Crippen MR) is 79.6 cm³/mol. The van der Waals surface area contributed by atoms with Gasteiger partial charge in [0.05, 0.1) is 0 Å². The molecule has 2 atom stereocenters. The molecule has 0 radical (unpaired) electrons. The van der Waals surface area contributed by atoms with Crippen LogP contribution in [0.5, 0.6) is 0 Å². The lowest BCUT2D eigenvalue weighted by Crippen LogP contribution is -2.52. The van der Waals surface area contributed by atoms with Gasteiger partial charge in [-0.1, -0.05) is 31.4 Å². The maximum absolute atomic E-state index is 5.75. The Labute approximate surface area is 120 Å². The Morgan fingerprint density at radius 3 is 2.79 bits per heavy atom. The zero-order valence-electron chi connectivity index (χ0n) is 12.0. The molecule has 0 aromatic carbocycles. The van der Waals surface area contributed by atoms with Gasteiger partial charge in [-0.05, 0) is 45.0 Å². The second kappa shape index (κ2) is 6.06. The maximum atomic E-state index is 5.75. The van der Waals surface area contributed by atoms with Crippen molar-refractivity contribution in [3.05, 3.63) is 17.3 Å². The number of hydrogen-bond donors (Lipinski definition) is 1. The smallest absolute Gasteiger partial charge is 0.151 e. The fourth-order valence-electron chi connectivity index (χ4n) is 3.02. The van der Waals surface area contributed by atoms with Gasteiger partial charge in [0.15, 0.2) is 5.15 Å². The van der Waals surface area contributed by atoms with Crippen molar-refractivity contribution in [2.45, 2.75) is 38.1 Å². The molecular formula is C14H23ClN4. The molecule has 1 aliphatic rings. The first-order valence-electron chi connectivity index (χ1n) is 6.92. The van der Waals surface area contributed by atoms with Gasteiger partial charge in [0.2, 0.25) is 0 Å². The van der Waals surface area contributed by atoms with Crippen LogP contribution in [0.25, 0.3) is 0 Å². The third-order valence-corrected chi connectivity index (χ3v) is 4.45. The molecule has 1 N–H and O–H groups in total. The SMILES string of the molecule is CC1CCCC(CNc2ccc(Cl)nn2)(N(C)C)C1. The Hall–Kier alpha value is -0.870. The molecule has 5 heteroatoms. The van der Waals surface area contributed by atoms with Crippen LogP contribution in [-0.4, -0.2) is 41.3 Å². The molecule has 1 aromatic rings. The molecule has 1 heterocycles. The molecule has 1 aliphatic carbocycles. The van der Waals surface area contributed by atoms with E-state index in [9.17, 15) is 0 Å². The van der Waals surface area contributed by atoms with Gasteiger partial charge < -0.3 is 10.2 Å². The molecule has 0 aliphatic heterocycles. The van der Waals surface area contributed by atoms with Crippen LogP contribution in [0.4, 0.5) is 5.82 Å². The van der Waals surface area contributed by atoms with Crippen molar-refractivity contribution in [1.82, 2.24) is 15.1 Å². The molecule has 1 saturated carbocycles. The summed E-state index contributed by atoms with van der Waals surface area (Å²) in [6.07, 6.45) is 5.11. The molecule has 4 nitrogen and oxygen atoms in total. The fourth-order valence-corrected chi connectivity index (χ4v) is 3.12.